The maximum Gasteiger partial charge on any atom is 0.224 e. The van der Waals surface area contributed by atoms with Crippen LogP contribution >= 0.6 is 0 Å². The van der Waals surface area contributed by atoms with E-state index < -0.39 is 0 Å². The first-order valence-corrected chi connectivity index (χ1v) is 8.38. The van der Waals surface area contributed by atoms with E-state index in [9.17, 15) is 9.18 Å². The second kappa shape index (κ2) is 7.13. The molecule has 0 bridgehead atoms. The zero-order chi connectivity index (χ0) is 17.1. The fourth-order valence-corrected chi connectivity index (χ4v) is 3.07. The molecule has 1 aromatic carbocycles. The first-order valence-electron chi connectivity index (χ1n) is 8.38. The van der Waals surface area contributed by atoms with Crippen molar-refractivity contribution in [3.8, 4) is 0 Å². The summed E-state index contributed by atoms with van der Waals surface area (Å²) in [6.45, 7) is 4.01. The number of nitrogens with two attached hydrogens (primary N) is 1. The van der Waals surface area contributed by atoms with E-state index >= 15 is 0 Å². The smallest absolute Gasteiger partial charge is 0.224 e. The van der Waals surface area contributed by atoms with Crippen LogP contribution in [-0.2, 0) is 30.7 Å². The molecule has 1 aromatic heterocycles. The van der Waals surface area contributed by atoms with Crippen LogP contribution in [0.4, 0.5) is 4.39 Å². The molecule has 3 rings (SSSR count). The van der Waals surface area contributed by atoms with Crippen molar-refractivity contribution in [2.75, 3.05) is 6.54 Å². The van der Waals surface area contributed by atoms with Crippen molar-refractivity contribution in [2.45, 2.75) is 45.3 Å². The molecular formula is C18H23FN4O. The number of aromatic nitrogens is 2. The van der Waals surface area contributed by atoms with Crippen LogP contribution in [0.3, 0.4) is 0 Å². The van der Waals surface area contributed by atoms with Crippen molar-refractivity contribution in [1.82, 2.24) is 14.5 Å². The van der Waals surface area contributed by atoms with Gasteiger partial charge in [0.05, 0.1) is 12.2 Å². The number of carbonyl (C=O) groups excluding carboxylic acids is 1. The predicted octanol–water partition coefficient (Wildman–Crippen LogP) is 1.89. The Kier molecular flexibility index (Phi) is 4.94. The number of fused-ring (bicyclic) bond motifs is 1. The molecule has 0 fully saturated rings. The Morgan fingerprint density at radius 2 is 2.17 bits per heavy atom. The van der Waals surface area contributed by atoms with E-state index in [1.54, 1.807) is 23.1 Å². The summed E-state index contributed by atoms with van der Waals surface area (Å²) in [6, 6.07) is 6.17. The van der Waals surface area contributed by atoms with Crippen molar-refractivity contribution < 1.29 is 9.18 Å². The molecule has 0 saturated heterocycles. The third kappa shape index (κ3) is 3.64. The van der Waals surface area contributed by atoms with Crippen molar-refractivity contribution in [3.05, 3.63) is 53.4 Å². The molecule has 1 amide bonds. The normalized spacial score (nSPS) is 15.2. The number of nitrogens with zero attached hydrogens (tertiary/aromatic N) is 3. The minimum absolute atomic E-state index is 0.00568. The maximum absolute atomic E-state index is 13.7. The van der Waals surface area contributed by atoms with Gasteiger partial charge >= 0.3 is 0 Å². The van der Waals surface area contributed by atoms with E-state index in [1.165, 1.54) is 6.07 Å². The molecule has 1 aliphatic heterocycles. The standard InChI is InChI=1S/C18H23FN4O/c1-2-15-11-22-7-8-23(12-17(22)21-15)18(24)10-14(20)9-13-5-3-4-6-16(13)19/h3-6,11,14H,2,7-10,12,20H2,1H3/t14-/m1/s1. The number of carbonyl (C=O) groups is 1. The number of rotatable bonds is 5. The molecule has 24 heavy (non-hydrogen) atoms. The number of hydrogen-bond donors (Lipinski definition) is 1. The average molecular weight is 330 g/mol. The number of aryl methyl sites for hydroxylation is 1. The summed E-state index contributed by atoms with van der Waals surface area (Å²) in [6.07, 6.45) is 3.53. The quantitative estimate of drug-likeness (QED) is 0.910. The van der Waals surface area contributed by atoms with Gasteiger partial charge in [-0.2, -0.15) is 0 Å². The number of hydrogen-bond acceptors (Lipinski definition) is 3. The molecule has 1 atom stereocenters. The van der Waals surface area contributed by atoms with Gasteiger partial charge in [-0.05, 0) is 24.5 Å². The van der Waals surface area contributed by atoms with Crippen molar-refractivity contribution >= 4 is 5.91 Å². The average Bonchev–Trinajstić information content (AvgIpc) is 2.99. The monoisotopic (exact) mass is 330 g/mol. The van der Waals surface area contributed by atoms with Crippen LogP contribution in [0.2, 0.25) is 0 Å². The van der Waals surface area contributed by atoms with Crippen LogP contribution in [0.1, 0.15) is 30.4 Å². The highest BCUT2D eigenvalue weighted by molar-refractivity contribution is 5.76. The number of imidazole rings is 1. The maximum atomic E-state index is 13.7. The lowest BCUT2D eigenvalue weighted by Crippen LogP contribution is -2.41. The Morgan fingerprint density at radius 1 is 1.38 bits per heavy atom. The summed E-state index contributed by atoms with van der Waals surface area (Å²) in [7, 11) is 0. The second-order valence-electron chi connectivity index (χ2n) is 6.27. The van der Waals surface area contributed by atoms with Crippen LogP contribution in [-0.4, -0.2) is 32.9 Å². The van der Waals surface area contributed by atoms with Crippen LogP contribution < -0.4 is 5.73 Å². The zero-order valence-corrected chi connectivity index (χ0v) is 13.9. The van der Waals surface area contributed by atoms with Gasteiger partial charge in [0.1, 0.15) is 11.6 Å². The Bertz CT molecular complexity index is 728. The van der Waals surface area contributed by atoms with Gasteiger partial charge in [0, 0.05) is 31.7 Å². The second-order valence-corrected chi connectivity index (χ2v) is 6.27. The third-order valence-electron chi connectivity index (χ3n) is 4.44. The molecule has 2 N–H and O–H groups in total. The molecule has 0 spiro atoms. The first kappa shape index (κ1) is 16.6. The fourth-order valence-electron chi connectivity index (χ4n) is 3.07. The molecule has 6 heteroatoms. The topological polar surface area (TPSA) is 64.2 Å². The Morgan fingerprint density at radius 3 is 2.92 bits per heavy atom. The Hall–Kier alpha value is -2.21. The first-order chi connectivity index (χ1) is 11.6. The number of benzene rings is 1. The molecule has 1 aliphatic rings. The van der Waals surface area contributed by atoms with Gasteiger partial charge in [-0.25, -0.2) is 9.37 Å². The molecule has 5 nitrogen and oxygen atoms in total. The van der Waals surface area contributed by atoms with E-state index in [-0.39, 0.29) is 24.2 Å². The van der Waals surface area contributed by atoms with Gasteiger partial charge in [-0.15, -0.1) is 0 Å². The summed E-state index contributed by atoms with van der Waals surface area (Å²) < 4.78 is 15.8. The van der Waals surface area contributed by atoms with Gasteiger partial charge in [0.25, 0.3) is 0 Å². The summed E-state index contributed by atoms with van der Waals surface area (Å²) in [5.41, 5.74) is 7.67. The molecule has 2 heterocycles. The largest absolute Gasteiger partial charge is 0.333 e. The lowest BCUT2D eigenvalue weighted by atomic mass is 10.0. The van der Waals surface area contributed by atoms with E-state index in [1.807, 2.05) is 0 Å². The van der Waals surface area contributed by atoms with Gasteiger partial charge in [0.2, 0.25) is 5.91 Å². The highest BCUT2D eigenvalue weighted by Crippen LogP contribution is 2.16. The Balaban J connectivity index is 1.58. The SMILES string of the molecule is CCc1cn2c(n1)CN(C(=O)C[C@H](N)Cc1ccccc1F)CC2. The molecule has 2 aromatic rings. The highest BCUT2D eigenvalue weighted by atomic mass is 19.1. The Labute approximate surface area is 141 Å². The van der Waals surface area contributed by atoms with E-state index in [0.29, 0.717) is 25.1 Å². The highest BCUT2D eigenvalue weighted by Gasteiger charge is 2.23. The van der Waals surface area contributed by atoms with Crippen LogP contribution in [0.25, 0.3) is 0 Å². The predicted molar refractivity (Wildman–Crippen MR) is 89.7 cm³/mol. The van der Waals surface area contributed by atoms with Gasteiger partial charge < -0.3 is 15.2 Å². The van der Waals surface area contributed by atoms with Crippen molar-refractivity contribution in [2.24, 2.45) is 5.73 Å². The third-order valence-corrected chi connectivity index (χ3v) is 4.44. The van der Waals surface area contributed by atoms with E-state index in [4.69, 9.17) is 5.73 Å². The lowest BCUT2D eigenvalue weighted by molar-refractivity contribution is -0.133. The molecule has 0 aliphatic carbocycles. The molecule has 0 saturated carbocycles. The summed E-state index contributed by atoms with van der Waals surface area (Å²) in [4.78, 5) is 18.8. The molecule has 0 unspecified atom stereocenters. The molecular weight excluding hydrogens is 307 g/mol. The lowest BCUT2D eigenvalue weighted by Gasteiger charge is -2.28. The van der Waals surface area contributed by atoms with Gasteiger partial charge in [-0.1, -0.05) is 25.1 Å². The number of amides is 1. The van der Waals surface area contributed by atoms with Crippen LogP contribution in [0, 0.1) is 5.82 Å². The molecule has 128 valence electrons. The summed E-state index contributed by atoms with van der Waals surface area (Å²) >= 11 is 0. The summed E-state index contributed by atoms with van der Waals surface area (Å²) in [5, 5.41) is 0. The van der Waals surface area contributed by atoms with Crippen molar-refractivity contribution in [1.29, 1.82) is 0 Å². The van der Waals surface area contributed by atoms with Crippen LogP contribution in [0.15, 0.2) is 30.5 Å². The van der Waals surface area contributed by atoms with Gasteiger partial charge in [-0.3, -0.25) is 4.79 Å². The fraction of sp³-hybridized carbons (Fsp3) is 0.444. The minimum Gasteiger partial charge on any atom is -0.333 e. The van der Waals surface area contributed by atoms with Crippen LogP contribution in [0.5, 0.6) is 0 Å². The summed E-state index contributed by atoms with van der Waals surface area (Å²) in [5.74, 6) is 0.660. The van der Waals surface area contributed by atoms with E-state index in [0.717, 1.165) is 24.5 Å². The molecule has 0 radical (unpaired) electrons. The zero-order valence-electron chi connectivity index (χ0n) is 13.9. The van der Waals surface area contributed by atoms with Crippen molar-refractivity contribution in [3.63, 3.8) is 0 Å². The number of halogens is 1. The van der Waals surface area contributed by atoms with E-state index in [2.05, 4.69) is 22.7 Å². The van der Waals surface area contributed by atoms with Gasteiger partial charge in [0.15, 0.2) is 0 Å². The minimum atomic E-state index is -0.387.